The number of halogens is 2. The van der Waals surface area contributed by atoms with Gasteiger partial charge >= 0.3 is 0 Å². The maximum absolute atomic E-state index is 13.5. The van der Waals surface area contributed by atoms with Gasteiger partial charge in [0.05, 0.1) is 36.4 Å². The third-order valence-electron chi connectivity index (χ3n) is 6.49. The Kier molecular flexibility index (Phi) is 10.3. The summed E-state index contributed by atoms with van der Waals surface area (Å²) in [6.45, 7) is -0.145. The zero-order chi connectivity index (χ0) is 28.0. The molecule has 2 aliphatic rings. The SMILES string of the molecule is CCC1NC(=O)CC(c2ccccc2)NC(=O)[C@@H]2[C@@H](Cl)[C@@H](Cl)CN2C(=O)C(CO)NC(=O)C(CO)NC1=O. The van der Waals surface area contributed by atoms with Gasteiger partial charge in [0.2, 0.25) is 29.5 Å². The van der Waals surface area contributed by atoms with Gasteiger partial charge in [-0.05, 0) is 12.0 Å². The number of nitrogens with zero attached hydrogens (tertiary/aromatic N) is 1. The lowest BCUT2D eigenvalue weighted by Crippen LogP contribution is -2.60. The molecule has 4 unspecified atom stereocenters. The molecule has 12 nitrogen and oxygen atoms in total. The van der Waals surface area contributed by atoms with E-state index in [0.717, 1.165) is 4.90 Å². The lowest BCUT2D eigenvalue weighted by Gasteiger charge is -2.31. The Labute approximate surface area is 229 Å². The van der Waals surface area contributed by atoms with Crippen LogP contribution in [0, 0.1) is 0 Å². The van der Waals surface area contributed by atoms with Gasteiger partial charge in [0.1, 0.15) is 24.2 Å². The van der Waals surface area contributed by atoms with E-state index in [0.29, 0.717) is 5.56 Å². The number of nitrogens with one attached hydrogen (secondary N) is 4. The average molecular weight is 572 g/mol. The number of rotatable bonds is 4. The van der Waals surface area contributed by atoms with E-state index in [2.05, 4.69) is 21.3 Å². The highest BCUT2D eigenvalue weighted by atomic mass is 35.5. The van der Waals surface area contributed by atoms with Crippen molar-refractivity contribution in [2.45, 2.75) is 60.7 Å². The van der Waals surface area contributed by atoms with E-state index >= 15 is 0 Å². The second-order valence-corrected chi connectivity index (χ2v) is 10.2. The van der Waals surface area contributed by atoms with Crippen molar-refractivity contribution in [1.29, 1.82) is 0 Å². The second-order valence-electron chi connectivity index (χ2n) is 9.09. The largest absolute Gasteiger partial charge is 0.394 e. The smallest absolute Gasteiger partial charge is 0.248 e. The average Bonchev–Trinajstić information content (AvgIpc) is 3.21. The van der Waals surface area contributed by atoms with Crippen molar-refractivity contribution in [2.24, 2.45) is 0 Å². The Morgan fingerprint density at radius 2 is 1.45 bits per heavy atom. The van der Waals surface area contributed by atoms with Gasteiger partial charge in [0, 0.05) is 6.54 Å². The Morgan fingerprint density at radius 3 is 2.05 bits per heavy atom. The summed E-state index contributed by atoms with van der Waals surface area (Å²) in [5.41, 5.74) is 0.597. The number of hydrogen-bond acceptors (Lipinski definition) is 7. The first kappa shape index (κ1) is 29.6. The van der Waals surface area contributed by atoms with Crippen LogP contribution >= 0.6 is 23.2 Å². The summed E-state index contributed by atoms with van der Waals surface area (Å²) in [5.74, 6) is -3.75. The molecule has 7 atom stereocenters. The minimum absolute atomic E-state index is 0.145. The molecule has 0 aliphatic carbocycles. The van der Waals surface area contributed by atoms with Gasteiger partial charge in [-0.3, -0.25) is 24.0 Å². The van der Waals surface area contributed by atoms with Crippen LogP contribution in [0.3, 0.4) is 0 Å². The molecule has 2 saturated heterocycles. The molecular formula is C24H31Cl2N5O7. The molecule has 208 valence electrons. The molecule has 0 radical (unpaired) electrons. The van der Waals surface area contributed by atoms with Crippen LogP contribution in [-0.4, -0.2) is 99.3 Å². The van der Waals surface area contributed by atoms with E-state index < -0.39 is 83.7 Å². The molecule has 14 heteroatoms. The van der Waals surface area contributed by atoms with Crippen LogP contribution in [0.2, 0.25) is 0 Å². The number of carbonyl (C=O) groups is 5. The van der Waals surface area contributed by atoms with Crippen molar-refractivity contribution in [3.63, 3.8) is 0 Å². The first-order valence-electron chi connectivity index (χ1n) is 12.2. The van der Waals surface area contributed by atoms with E-state index in [1.807, 2.05) is 0 Å². The number of hydrogen-bond donors (Lipinski definition) is 6. The molecule has 2 fully saturated rings. The zero-order valence-corrected chi connectivity index (χ0v) is 22.1. The fourth-order valence-corrected chi connectivity index (χ4v) is 5.01. The summed E-state index contributed by atoms with van der Waals surface area (Å²) in [4.78, 5) is 66.4. The van der Waals surface area contributed by atoms with Crippen molar-refractivity contribution < 1.29 is 34.2 Å². The van der Waals surface area contributed by atoms with Crippen LogP contribution in [0.4, 0.5) is 0 Å². The number of aliphatic hydroxyl groups is 2. The van der Waals surface area contributed by atoms with Gasteiger partial charge in [-0.1, -0.05) is 37.3 Å². The Bertz CT molecular complexity index is 1050. The maximum atomic E-state index is 13.5. The summed E-state index contributed by atoms with van der Waals surface area (Å²) in [5, 5.41) is 27.8. The lowest BCUT2D eigenvalue weighted by atomic mass is 10.0. The van der Waals surface area contributed by atoms with E-state index in [4.69, 9.17) is 23.2 Å². The predicted octanol–water partition coefficient (Wildman–Crippen LogP) is -1.48. The first-order chi connectivity index (χ1) is 18.1. The molecular weight excluding hydrogens is 541 g/mol. The van der Waals surface area contributed by atoms with Crippen LogP contribution in [-0.2, 0) is 24.0 Å². The molecule has 1 aromatic carbocycles. The standard InChI is InChI=1S/C24H31Cl2N5O7/c1-2-14-21(35)29-16(10-32)22(36)30-17(11-33)24(38)31-9-13(25)19(26)20(31)23(37)28-15(8-18(34)27-14)12-6-4-3-5-7-12/h3-7,13-17,19-20,32-33H,2,8-11H2,1H3,(H,27,34)(H,28,37)(H,29,35)(H,30,36)/t13-,14?,15?,16?,17?,19-,20-/m0/s1. The van der Waals surface area contributed by atoms with Crippen LogP contribution in [0.25, 0.3) is 0 Å². The fourth-order valence-electron chi connectivity index (χ4n) is 4.40. The van der Waals surface area contributed by atoms with Gasteiger partial charge in [0.15, 0.2) is 0 Å². The van der Waals surface area contributed by atoms with Gasteiger partial charge < -0.3 is 36.4 Å². The Balaban J connectivity index is 2.02. The highest BCUT2D eigenvalue weighted by Gasteiger charge is 2.48. The van der Waals surface area contributed by atoms with Gasteiger partial charge in [0.25, 0.3) is 0 Å². The van der Waals surface area contributed by atoms with Crippen molar-refractivity contribution in [2.75, 3.05) is 19.8 Å². The first-order valence-corrected chi connectivity index (χ1v) is 13.0. The number of benzene rings is 1. The third kappa shape index (κ3) is 6.73. The van der Waals surface area contributed by atoms with Crippen LogP contribution < -0.4 is 21.3 Å². The van der Waals surface area contributed by atoms with Crippen LogP contribution in [0.1, 0.15) is 31.4 Å². The minimum atomic E-state index is -1.51. The number of alkyl halides is 2. The number of carbonyl (C=O) groups excluding carboxylic acids is 5. The second kappa shape index (κ2) is 13.2. The van der Waals surface area contributed by atoms with E-state index in [-0.39, 0.29) is 19.4 Å². The van der Waals surface area contributed by atoms with Crippen molar-refractivity contribution in [1.82, 2.24) is 26.2 Å². The molecule has 0 spiro atoms. The molecule has 0 saturated carbocycles. The maximum Gasteiger partial charge on any atom is 0.248 e. The number of amides is 5. The van der Waals surface area contributed by atoms with E-state index in [1.54, 1.807) is 37.3 Å². The molecule has 0 aromatic heterocycles. The van der Waals surface area contributed by atoms with E-state index in [9.17, 15) is 34.2 Å². The van der Waals surface area contributed by atoms with Gasteiger partial charge in [-0.25, -0.2) is 0 Å². The summed E-state index contributed by atoms with van der Waals surface area (Å²) in [6.07, 6.45) is -0.0832. The highest BCUT2D eigenvalue weighted by molar-refractivity contribution is 6.32. The van der Waals surface area contributed by atoms with Gasteiger partial charge in [-0.2, -0.15) is 0 Å². The Hall–Kier alpha value is -2.93. The summed E-state index contributed by atoms with van der Waals surface area (Å²) >= 11 is 12.7. The molecule has 2 heterocycles. The highest BCUT2D eigenvalue weighted by Crippen LogP contribution is 2.29. The monoisotopic (exact) mass is 571 g/mol. The lowest BCUT2D eigenvalue weighted by molar-refractivity contribution is -0.143. The molecule has 2 aliphatic heterocycles. The van der Waals surface area contributed by atoms with Crippen LogP contribution in [0.5, 0.6) is 0 Å². The van der Waals surface area contributed by atoms with Crippen molar-refractivity contribution >= 4 is 52.7 Å². The van der Waals surface area contributed by atoms with Crippen molar-refractivity contribution in [3.8, 4) is 0 Å². The number of fused-ring (bicyclic) bond motifs is 1. The summed E-state index contributed by atoms with van der Waals surface area (Å²) in [7, 11) is 0. The van der Waals surface area contributed by atoms with E-state index in [1.165, 1.54) is 0 Å². The van der Waals surface area contributed by atoms with Gasteiger partial charge in [-0.15, -0.1) is 23.2 Å². The molecule has 3 rings (SSSR count). The molecule has 6 N–H and O–H groups in total. The Morgan fingerprint density at radius 1 is 0.842 bits per heavy atom. The minimum Gasteiger partial charge on any atom is -0.394 e. The summed E-state index contributed by atoms with van der Waals surface area (Å²) in [6, 6.07) is 2.52. The molecule has 0 bridgehead atoms. The van der Waals surface area contributed by atoms with Crippen LogP contribution in [0.15, 0.2) is 30.3 Å². The topological polar surface area (TPSA) is 177 Å². The fraction of sp³-hybridized carbons (Fsp3) is 0.542. The molecule has 1 aromatic rings. The predicted molar refractivity (Wildman–Crippen MR) is 137 cm³/mol. The molecule has 5 amide bonds. The number of aliphatic hydroxyl groups excluding tert-OH is 2. The summed E-state index contributed by atoms with van der Waals surface area (Å²) < 4.78 is 0. The normalized spacial score (nSPS) is 31.7. The quantitative estimate of drug-likeness (QED) is 0.239. The van der Waals surface area contributed by atoms with Crippen molar-refractivity contribution in [3.05, 3.63) is 35.9 Å². The third-order valence-corrected chi connectivity index (χ3v) is 7.57. The molecule has 38 heavy (non-hydrogen) atoms. The zero-order valence-electron chi connectivity index (χ0n) is 20.6.